The Bertz CT molecular complexity index is 473. The number of rotatable bonds is 2. The fraction of sp³-hybridized carbons (Fsp3) is 0.273. The lowest BCUT2D eigenvalue weighted by Crippen LogP contribution is -2.03. The Morgan fingerprint density at radius 1 is 1.33 bits per heavy atom. The van der Waals surface area contributed by atoms with Crippen LogP contribution in [-0.2, 0) is 6.42 Å². The van der Waals surface area contributed by atoms with Crippen molar-refractivity contribution in [2.24, 2.45) is 0 Å². The second-order valence-electron chi connectivity index (χ2n) is 3.44. The molecular weight excluding hydrogens is 188 g/mol. The van der Waals surface area contributed by atoms with Gasteiger partial charge in [0.15, 0.2) is 5.82 Å². The van der Waals surface area contributed by atoms with Crippen LogP contribution in [0.4, 0.5) is 5.95 Å². The van der Waals surface area contributed by atoms with E-state index >= 15 is 0 Å². The fourth-order valence-electron chi connectivity index (χ4n) is 1.50. The normalized spacial score (nSPS) is 10.5. The Hall–Kier alpha value is -1.84. The molecule has 0 radical (unpaired) electrons. The van der Waals surface area contributed by atoms with Crippen LogP contribution in [0.15, 0.2) is 24.3 Å². The molecule has 0 atom stereocenters. The molecule has 0 amide bonds. The first-order valence-corrected chi connectivity index (χ1v) is 4.99. The van der Waals surface area contributed by atoms with Crippen LogP contribution in [0, 0.1) is 6.92 Å². The molecule has 0 spiro atoms. The van der Waals surface area contributed by atoms with Crippen molar-refractivity contribution in [3.63, 3.8) is 0 Å². The minimum atomic E-state index is 0.446. The molecule has 1 heterocycles. The van der Waals surface area contributed by atoms with E-state index in [4.69, 9.17) is 5.73 Å². The molecule has 2 rings (SSSR count). The largest absolute Gasteiger partial charge is 0.368 e. The Labute approximate surface area is 88.8 Å². The van der Waals surface area contributed by atoms with Crippen LogP contribution in [0.5, 0.6) is 0 Å². The molecule has 2 N–H and O–H groups in total. The topological polar surface area (TPSA) is 56.7 Å². The summed E-state index contributed by atoms with van der Waals surface area (Å²) in [6.45, 7) is 4.04. The van der Waals surface area contributed by atoms with Gasteiger partial charge in [-0.25, -0.2) is 0 Å². The van der Waals surface area contributed by atoms with Gasteiger partial charge in [-0.1, -0.05) is 25.1 Å². The van der Waals surface area contributed by atoms with Crippen molar-refractivity contribution in [1.82, 2.24) is 14.8 Å². The summed E-state index contributed by atoms with van der Waals surface area (Å²) < 4.78 is 1.69. The summed E-state index contributed by atoms with van der Waals surface area (Å²) in [6, 6.07) is 7.98. The SMILES string of the molecule is CCc1nc(N)n(-c2ccccc2C)n1. The molecule has 4 heteroatoms. The van der Waals surface area contributed by atoms with Gasteiger partial charge in [-0.15, -0.1) is 5.10 Å². The highest BCUT2D eigenvalue weighted by Crippen LogP contribution is 2.15. The number of para-hydroxylation sites is 1. The number of nitrogens with zero attached hydrogens (tertiary/aromatic N) is 3. The molecule has 0 bridgehead atoms. The third kappa shape index (κ3) is 1.70. The maximum Gasteiger partial charge on any atom is 0.223 e. The van der Waals surface area contributed by atoms with Crippen LogP contribution in [0.1, 0.15) is 18.3 Å². The highest BCUT2D eigenvalue weighted by molar-refractivity contribution is 5.43. The van der Waals surface area contributed by atoms with Gasteiger partial charge in [-0.2, -0.15) is 9.67 Å². The number of benzene rings is 1. The zero-order valence-electron chi connectivity index (χ0n) is 8.94. The summed E-state index contributed by atoms with van der Waals surface area (Å²) in [5, 5.41) is 4.34. The summed E-state index contributed by atoms with van der Waals surface area (Å²) in [6.07, 6.45) is 0.795. The van der Waals surface area contributed by atoms with E-state index < -0.39 is 0 Å². The first-order chi connectivity index (χ1) is 7.22. The van der Waals surface area contributed by atoms with Crippen LogP contribution < -0.4 is 5.73 Å². The zero-order chi connectivity index (χ0) is 10.8. The smallest absolute Gasteiger partial charge is 0.223 e. The van der Waals surface area contributed by atoms with Gasteiger partial charge in [0, 0.05) is 6.42 Å². The Morgan fingerprint density at radius 3 is 2.67 bits per heavy atom. The number of hydrogen-bond acceptors (Lipinski definition) is 3. The molecule has 0 aliphatic carbocycles. The molecule has 15 heavy (non-hydrogen) atoms. The van der Waals surface area contributed by atoms with Crippen molar-refractivity contribution in [3.05, 3.63) is 35.7 Å². The Kier molecular flexibility index (Phi) is 2.41. The number of nitrogens with two attached hydrogens (primary N) is 1. The maximum atomic E-state index is 5.81. The summed E-state index contributed by atoms with van der Waals surface area (Å²) in [5.41, 5.74) is 7.93. The predicted octanol–water partition coefficient (Wildman–Crippen LogP) is 1.72. The Balaban J connectivity index is 2.54. The van der Waals surface area contributed by atoms with Crippen molar-refractivity contribution in [1.29, 1.82) is 0 Å². The molecule has 0 aliphatic rings. The van der Waals surface area contributed by atoms with Crippen molar-refractivity contribution in [3.8, 4) is 5.69 Å². The first-order valence-electron chi connectivity index (χ1n) is 4.99. The van der Waals surface area contributed by atoms with Gasteiger partial charge in [0.1, 0.15) is 0 Å². The van der Waals surface area contributed by atoms with Gasteiger partial charge in [0.2, 0.25) is 5.95 Å². The van der Waals surface area contributed by atoms with Crippen molar-refractivity contribution in [2.75, 3.05) is 5.73 Å². The fourth-order valence-corrected chi connectivity index (χ4v) is 1.50. The lowest BCUT2D eigenvalue weighted by molar-refractivity contribution is 0.840. The Morgan fingerprint density at radius 2 is 2.07 bits per heavy atom. The van der Waals surface area contributed by atoms with Crippen LogP contribution in [0.3, 0.4) is 0 Å². The third-order valence-electron chi connectivity index (χ3n) is 2.34. The van der Waals surface area contributed by atoms with Crippen LogP contribution in [0.25, 0.3) is 5.69 Å². The minimum Gasteiger partial charge on any atom is -0.368 e. The summed E-state index contributed by atoms with van der Waals surface area (Å²) in [5.74, 6) is 1.22. The average Bonchev–Trinajstić information content (AvgIpc) is 2.60. The highest BCUT2D eigenvalue weighted by atomic mass is 15.4. The van der Waals surface area contributed by atoms with Crippen LogP contribution in [0.2, 0.25) is 0 Å². The lowest BCUT2D eigenvalue weighted by Gasteiger charge is -2.05. The van der Waals surface area contributed by atoms with Gasteiger partial charge in [-0.3, -0.25) is 0 Å². The van der Waals surface area contributed by atoms with Crippen molar-refractivity contribution in [2.45, 2.75) is 20.3 Å². The summed E-state index contributed by atoms with van der Waals surface area (Å²) in [7, 11) is 0. The average molecular weight is 202 g/mol. The van der Waals surface area contributed by atoms with Gasteiger partial charge >= 0.3 is 0 Å². The van der Waals surface area contributed by atoms with E-state index in [0.717, 1.165) is 23.5 Å². The van der Waals surface area contributed by atoms with E-state index in [1.54, 1.807) is 4.68 Å². The van der Waals surface area contributed by atoms with Gasteiger partial charge in [-0.05, 0) is 18.6 Å². The standard InChI is InChI=1S/C11H14N4/c1-3-10-13-11(12)15(14-10)9-7-5-4-6-8(9)2/h4-7H,3H2,1-2H3,(H2,12,13,14). The van der Waals surface area contributed by atoms with E-state index in [0.29, 0.717) is 5.95 Å². The second-order valence-corrected chi connectivity index (χ2v) is 3.44. The first kappa shape index (κ1) is 9.71. The summed E-state index contributed by atoms with van der Waals surface area (Å²) in [4.78, 5) is 4.18. The van der Waals surface area contributed by atoms with E-state index in [1.165, 1.54) is 0 Å². The molecule has 0 saturated heterocycles. The molecule has 1 aromatic heterocycles. The molecule has 78 valence electrons. The van der Waals surface area contributed by atoms with Gasteiger partial charge in [0.25, 0.3) is 0 Å². The quantitative estimate of drug-likeness (QED) is 0.806. The molecular formula is C11H14N4. The molecule has 1 aromatic carbocycles. The molecule has 0 saturated carbocycles. The summed E-state index contributed by atoms with van der Waals surface area (Å²) >= 11 is 0. The predicted molar refractivity (Wildman–Crippen MR) is 59.9 cm³/mol. The molecule has 0 unspecified atom stereocenters. The highest BCUT2D eigenvalue weighted by Gasteiger charge is 2.08. The number of hydrogen-bond donors (Lipinski definition) is 1. The molecule has 2 aromatic rings. The van der Waals surface area contributed by atoms with E-state index in [2.05, 4.69) is 10.1 Å². The maximum absolute atomic E-state index is 5.81. The van der Waals surface area contributed by atoms with Gasteiger partial charge < -0.3 is 5.73 Å². The van der Waals surface area contributed by atoms with Crippen LogP contribution >= 0.6 is 0 Å². The number of aromatic nitrogens is 3. The van der Waals surface area contributed by atoms with E-state index in [-0.39, 0.29) is 0 Å². The molecule has 0 fully saturated rings. The lowest BCUT2D eigenvalue weighted by atomic mass is 10.2. The van der Waals surface area contributed by atoms with Crippen molar-refractivity contribution < 1.29 is 0 Å². The van der Waals surface area contributed by atoms with Crippen molar-refractivity contribution >= 4 is 5.95 Å². The van der Waals surface area contributed by atoms with E-state index in [1.807, 2.05) is 38.1 Å². The monoisotopic (exact) mass is 202 g/mol. The van der Waals surface area contributed by atoms with Gasteiger partial charge in [0.05, 0.1) is 5.69 Å². The third-order valence-corrected chi connectivity index (χ3v) is 2.34. The molecule has 4 nitrogen and oxygen atoms in total. The van der Waals surface area contributed by atoms with E-state index in [9.17, 15) is 0 Å². The number of aryl methyl sites for hydroxylation is 2. The number of nitrogen functional groups attached to an aromatic ring is 1. The number of anilines is 1. The zero-order valence-corrected chi connectivity index (χ0v) is 8.94. The minimum absolute atomic E-state index is 0.446. The molecule has 0 aliphatic heterocycles. The second kappa shape index (κ2) is 3.73. The van der Waals surface area contributed by atoms with Crippen LogP contribution in [-0.4, -0.2) is 14.8 Å².